The molecule has 4 rings (SSSR count). The van der Waals surface area contributed by atoms with Crippen LogP contribution in [0.1, 0.15) is 28.8 Å². The van der Waals surface area contributed by atoms with Gasteiger partial charge < -0.3 is 4.74 Å². The van der Waals surface area contributed by atoms with Gasteiger partial charge in [0, 0.05) is 5.92 Å². The van der Waals surface area contributed by atoms with Gasteiger partial charge in [0.25, 0.3) is 0 Å². The number of hydrogen-bond donors (Lipinski definition) is 0. The lowest BCUT2D eigenvalue weighted by molar-refractivity contribution is -0.120. The largest absolute Gasteiger partial charge is 0.497 e. The van der Waals surface area contributed by atoms with Gasteiger partial charge >= 0.3 is 0 Å². The van der Waals surface area contributed by atoms with Crippen molar-refractivity contribution in [2.45, 2.75) is 18.3 Å². The van der Waals surface area contributed by atoms with Crippen molar-refractivity contribution >= 4 is 27.3 Å². The SMILES string of the molecule is COc1ccc([C@@H]2C[C@@H]2C(=O)[C@@H](C#N)c2nc3ccccc3s2)cc1. The Labute approximate surface area is 149 Å². The second kappa shape index (κ2) is 6.30. The van der Waals surface area contributed by atoms with Gasteiger partial charge in [0.2, 0.25) is 0 Å². The van der Waals surface area contributed by atoms with Crippen molar-refractivity contribution in [2.24, 2.45) is 5.92 Å². The summed E-state index contributed by atoms with van der Waals surface area (Å²) in [7, 11) is 1.63. The smallest absolute Gasteiger partial charge is 0.160 e. The normalized spacial score (nSPS) is 20.0. The van der Waals surface area contributed by atoms with Gasteiger partial charge in [0.15, 0.2) is 11.7 Å². The molecule has 1 aromatic heterocycles. The fraction of sp³-hybridized carbons (Fsp3) is 0.250. The Morgan fingerprint density at radius 1 is 1.28 bits per heavy atom. The molecule has 4 nitrogen and oxygen atoms in total. The molecule has 3 aromatic rings. The van der Waals surface area contributed by atoms with E-state index in [1.165, 1.54) is 11.3 Å². The molecule has 0 aliphatic heterocycles. The highest BCUT2D eigenvalue weighted by Gasteiger charge is 2.47. The number of nitrogens with zero attached hydrogens (tertiary/aromatic N) is 2. The van der Waals surface area contributed by atoms with Crippen LogP contribution < -0.4 is 4.74 Å². The first-order valence-electron chi connectivity index (χ1n) is 8.14. The van der Waals surface area contributed by atoms with E-state index in [1.807, 2.05) is 48.5 Å². The summed E-state index contributed by atoms with van der Waals surface area (Å²) in [5.41, 5.74) is 1.97. The number of rotatable bonds is 5. The molecule has 0 bridgehead atoms. The molecule has 0 unspecified atom stereocenters. The van der Waals surface area contributed by atoms with Gasteiger partial charge in [-0.2, -0.15) is 5.26 Å². The molecule has 0 N–H and O–H groups in total. The molecule has 1 heterocycles. The van der Waals surface area contributed by atoms with Crippen molar-refractivity contribution in [3.8, 4) is 11.8 Å². The van der Waals surface area contributed by atoms with Crippen LogP contribution in [-0.4, -0.2) is 17.9 Å². The zero-order valence-corrected chi connectivity index (χ0v) is 14.5. The predicted molar refractivity (Wildman–Crippen MR) is 96.8 cm³/mol. The van der Waals surface area contributed by atoms with Crippen molar-refractivity contribution < 1.29 is 9.53 Å². The maximum Gasteiger partial charge on any atom is 0.160 e. The summed E-state index contributed by atoms with van der Waals surface area (Å²) in [5, 5.41) is 10.2. The van der Waals surface area contributed by atoms with E-state index in [-0.39, 0.29) is 17.6 Å². The van der Waals surface area contributed by atoms with Crippen molar-refractivity contribution in [1.82, 2.24) is 4.98 Å². The van der Waals surface area contributed by atoms with E-state index in [0.717, 1.165) is 28.0 Å². The van der Waals surface area contributed by atoms with Crippen LogP contribution in [0.4, 0.5) is 0 Å². The van der Waals surface area contributed by atoms with E-state index in [9.17, 15) is 10.1 Å². The van der Waals surface area contributed by atoms with Crippen LogP contribution in [0.3, 0.4) is 0 Å². The molecule has 1 aliphatic carbocycles. The monoisotopic (exact) mass is 348 g/mol. The first-order chi connectivity index (χ1) is 12.2. The van der Waals surface area contributed by atoms with E-state index < -0.39 is 5.92 Å². The molecule has 25 heavy (non-hydrogen) atoms. The molecule has 3 atom stereocenters. The number of benzene rings is 2. The highest BCUT2D eigenvalue weighted by molar-refractivity contribution is 7.18. The van der Waals surface area contributed by atoms with Crippen LogP contribution in [0.15, 0.2) is 48.5 Å². The van der Waals surface area contributed by atoms with Crippen molar-refractivity contribution in [1.29, 1.82) is 5.26 Å². The number of carbonyl (C=O) groups excluding carboxylic acids is 1. The summed E-state index contributed by atoms with van der Waals surface area (Å²) in [4.78, 5) is 17.3. The Hall–Kier alpha value is -2.71. The van der Waals surface area contributed by atoms with E-state index in [1.54, 1.807) is 7.11 Å². The number of ether oxygens (including phenoxy) is 1. The molecular weight excluding hydrogens is 332 g/mol. The standard InChI is InChI=1S/C20H16N2O2S/c1-24-13-8-6-12(7-9-13)14-10-15(14)19(23)16(11-21)20-22-17-4-2-3-5-18(17)25-20/h2-9,14-16H,10H2,1H3/t14-,15-,16+/m0/s1. The van der Waals surface area contributed by atoms with Crippen LogP contribution in [-0.2, 0) is 4.79 Å². The van der Waals surface area contributed by atoms with Crippen molar-refractivity contribution in [3.63, 3.8) is 0 Å². The summed E-state index contributed by atoms with van der Waals surface area (Å²) in [6.45, 7) is 0. The molecule has 0 spiro atoms. The average molecular weight is 348 g/mol. The second-order valence-electron chi connectivity index (χ2n) is 6.21. The second-order valence-corrected chi connectivity index (χ2v) is 7.27. The number of nitriles is 1. The fourth-order valence-electron chi connectivity index (χ4n) is 3.20. The number of thiazole rings is 1. The lowest BCUT2D eigenvalue weighted by Gasteiger charge is -2.05. The van der Waals surface area contributed by atoms with Crippen molar-refractivity contribution in [2.75, 3.05) is 7.11 Å². The van der Waals surface area contributed by atoms with Crippen LogP contribution in [0.5, 0.6) is 5.75 Å². The Morgan fingerprint density at radius 3 is 2.72 bits per heavy atom. The molecule has 1 aliphatic rings. The number of ketones is 1. The lowest BCUT2D eigenvalue weighted by Crippen LogP contribution is -2.13. The zero-order chi connectivity index (χ0) is 17.4. The molecule has 0 saturated heterocycles. The van der Waals surface area contributed by atoms with Crippen LogP contribution in [0.25, 0.3) is 10.2 Å². The fourth-order valence-corrected chi connectivity index (χ4v) is 4.22. The summed E-state index contributed by atoms with van der Waals surface area (Å²) in [6, 6.07) is 17.7. The number of para-hydroxylation sites is 1. The molecule has 0 amide bonds. The van der Waals surface area contributed by atoms with Gasteiger partial charge in [0.05, 0.1) is 23.4 Å². The van der Waals surface area contributed by atoms with Gasteiger partial charge in [0.1, 0.15) is 10.8 Å². The highest BCUT2D eigenvalue weighted by Crippen LogP contribution is 2.50. The minimum Gasteiger partial charge on any atom is -0.497 e. The molecule has 1 fully saturated rings. The Balaban J connectivity index is 1.54. The third-order valence-electron chi connectivity index (χ3n) is 4.67. The van der Waals surface area contributed by atoms with Crippen LogP contribution in [0, 0.1) is 17.2 Å². The molecule has 0 radical (unpaired) electrons. The Bertz CT molecular complexity index is 938. The number of aromatic nitrogens is 1. The summed E-state index contributed by atoms with van der Waals surface area (Å²) >= 11 is 1.43. The topological polar surface area (TPSA) is 63.0 Å². The summed E-state index contributed by atoms with van der Waals surface area (Å²) in [6.07, 6.45) is 0.800. The summed E-state index contributed by atoms with van der Waals surface area (Å²) in [5.74, 6) is 0.123. The number of carbonyl (C=O) groups is 1. The van der Waals surface area contributed by atoms with Gasteiger partial charge in [-0.15, -0.1) is 11.3 Å². The summed E-state index contributed by atoms with van der Waals surface area (Å²) < 4.78 is 6.18. The van der Waals surface area contributed by atoms with Crippen LogP contribution in [0.2, 0.25) is 0 Å². The first kappa shape index (κ1) is 15.8. The Morgan fingerprint density at radius 2 is 2.04 bits per heavy atom. The maximum absolute atomic E-state index is 12.8. The first-order valence-corrected chi connectivity index (χ1v) is 8.95. The van der Waals surface area contributed by atoms with Crippen molar-refractivity contribution in [3.05, 3.63) is 59.1 Å². The zero-order valence-electron chi connectivity index (χ0n) is 13.7. The predicted octanol–water partition coefficient (Wildman–Crippen LogP) is 4.28. The number of Topliss-reactive ketones (excluding diaryl/α,β-unsaturated/α-hetero) is 1. The third-order valence-corrected chi connectivity index (χ3v) is 5.77. The average Bonchev–Trinajstić information content (AvgIpc) is 3.34. The molecular formula is C20H16N2O2S. The number of fused-ring (bicyclic) bond motifs is 1. The van der Waals surface area contributed by atoms with E-state index in [0.29, 0.717) is 5.01 Å². The van der Waals surface area contributed by atoms with Gasteiger partial charge in [-0.3, -0.25) is 4.79 Å². The van der Waals surface area contributed by atoms with Gasteiger partial charge in [-0.25, -0.2) is 4.98 Å². The molecule has 124 valence electrons. The molecule has 5 heteroatoms. The minimum atomic E-state index is -0.773. The number of methoxy groups -OCH3 is 1. The maximum atomic E-state index is 12.8. The molecule has 2 aromatic carbocycles. The third kappa shape index (κ3) is 2.90. The minimum absolute atomic E-state index is 0.0117. The van der Waals surface area contributed by atoms with Gasteiger partial charge in [-0.05, 0) is 42.2 Å². The quantitative estimate of drug-likeness (QED) is 0.690. The number of hydrogen-bond acceptors (Lipinski definition) is 5. The van der Waals surface area contributed by atoms with E-state index in [2.05, 4.69) is 11.1 Å². The lowest BCUT2D eigenvalue weighted by atomic mass is 9.99. The van der Waals surface area contributed by atoms with Gasteiger partial charge in [-0.1, -0.05) is 24.3 Å². The van der Waals surface area contributed by atoms with Crippen LogP contribution >= 0.6 is 11.3 Å². The van der Waals surface area contributed by atoms with E-state index >= 15 is 0 Å². The Kier molecular flexibility index (Phi) is 3.98. The highest BCUT2D eigenvalue weighted by atomic mass is 32.1. The molecule has 1 saturated carbocycles. The van der Waals surface area contributed by atoms with E-state index in [4.69, 9.17) is 4.74 Å².